The highest BCUT2D eigenvalue weighted by Gasteiger charge is 2.26. The summed E-state index contributed by atoms with van der Waals surface area (Å²) in [5, 5.41) is 17.1. The third-order valence-electron chi connectivity index (χ3n) is 11.6. The van der Waals surface area contributed by atoms with E-state index in [1.807, 2.05) is 72.8 Å². The van der Waals surface area contributed by atoms with E-state index in [0.717, 1.165) is 99.1 Å². The number of hydrogen-bond donors (Lipinski definition) is 2. The number of hydrogen-bond acceptors (Lipinski definition) is 12. The smallest absolute Gasteiger partial charge is 0.293 e. The molecule has 2 aliphatic heterocycles. The van der Waals surface area contributed by atoms with Gasteiger partial charge in [0, 0.05) is 104 Å². The molecule has 0 amide bonds. The molecule has 2 N–H and O–H groups in total. The second-order valence-corrected chi connectivity index (χ2v) is 19.0. The third-order valence-corrected chi connectivity index (χ3v) is 14.3. The topological polar surface area (TPSA) is 140 Å². The fourth-order valence-corrected chi connectivity index (χ4v) is 10.2. The van der Waals surface area contributed by atoms with Crippen molar-refractivity contribution in [1.29, 1.82) is 0 Å². The Hall–Kier alpha value is -5.29. The molecule has 2 saturated heterocycles. The number of fused-ring (bicyclic) bond motifs is 1. The van der Waals surface area contributed by atoms with Crippen molar-refractivity contribution in [2.45, 2.75) is 28.8 Å². The minimum atomic E-state index is -4.28. The minimum absolute atomic E-state index is 0.0915. The van der Waals surface area contributed by atoms with Crippen molar-refractivity contribution in [2.75, 3.05) is 86.6 Å². The Morgan fingerprint density at radius 2 is 1.55 bits per heavy atom. The van der Waals surface area contributed by atoms with Crippen LogP contribution in [0.3, 0.4) is 0 Å². The Bertz CT molecular complexity index is 2590. The number of sulfonamides is 1. The number of rotatable bonds is 16. The van der Waals surface area contributed by atoms with Crippen LogP contribution in [0.4, 0.5) is 22.9 Å². The molecule has 2 fully saturated rings. The average molecular weight is 893 g/mol. The normalized spacial score (nSPS) is 16.0. The van der Waals surface area contributed by atoms with Gasteiger partial charge in [-0.3, -0.25) is 19.7 Å². The summed E-state index contributed by atoms with van der Waals surface area (Å²) in [5.41, 5.74) is 5.03. The maximum absolute atomic E-state index is 13.9. The number of benzene rings is 5. The van der Waals surface area contributed by atoms with E-state index in [1.54, 1.807) is 11.8 Å². The van der Waals surface area contributed by atoms with E-state index in [-0.39, 0.29) is 28.1 Å². The molecule has 8 rings (SSSR count). The molecular weight excluding hydrogens is 842 g/mol. The monoisotopic (exact) mass is 891 g/mol. The van der Waals surface area contributed by atoms with Crippen LogP contribution in [0.25, 0.3) is 22.0 Å². The second kappa shape index (κ2) is 19.8. The lowest BCUT2D eigenvalue weighted by Crippen LogP contribution is -2.46. The molecule has 0 radical (unpaired) electrons. The second-order valence-electron chi connectivity index (χ2n) is 15.8. The first-order valence-corrected chi connectivity index (χ1v) is 23.6. The van der Waals surface area contributed by atoms with Crippen molar-refractivity contribution in [3.05, 3.63) is 142 Å². The molecule has 0 saturated carbocycles. The number of aromatic nitrogens is 2. The number of anilines is 3. The molecule has 1 unspecified atom stereocenters. The number of nitro groups is 1. The quantitative estimate of drug-likeness (QED) is 0.0550. The molecule has 5 aromatic carbocycles. The molecule has 6 aromatic rings. The molecule has 1 atom stereocenters. The Morgan fingerprint density at radius 1 is 0.823 bits per heavy atom. The summed E-state index contributed by atoms with van der Waals surface area (Å²) in [6.45, 7) is 8.84. The lowest BCUT2D eigenvalue weighted by Gasteiger charge is -2.36. The Labute approximate surface area is 372 Å². The summed E-state index contributed by atoms with van der Waals surface area (Å²) in [7, 11) is -2.16. The van der Waals surface area contributed by atoms with Crippen LogP contribution in [0.2, 0.25) is 5.02 Å². The Balaban J connectivity index is 0.937. The molecule has 2 aliphatic rings. The van der Waals surface area contributed by atoms with Gasteiger partial charge in [0.25, 0.3) is 15.7 Å². The fourth-order valence-electron chi connectivity index (χ4n) is 8.00. The van der Waals surface area contributed by atoms with Crippen LogP contribution in [-0.2, 0) is 16.6 Å². The van der Waals surface area contributed by atoms with Gasteiger partial charge in [0.05, 0.1) is 15.3 Å². The van der Waals surface area contributed by atoms with Crippen molar-refractivity contribution in [3.63, 3.8) is 0 Å². The molecule has 0 aliphatic carbocycles. The van der Waals surface area contributed by atoms with Gasteiger partial charge in [-0.25, -0.2) is 18.4 Å². The van der Waals surface area contributed by atoms with Gasteiger partial charge in [-0.05, 0) is 84.8 Å². The lowest BCUT2D eigenvalue weighted by molar-refractivity contribution is -0.384. The number of halogens is 1. The van der Waals surface area contributed by atoms with Crippen LogP contribution in [0.15, 0.2) is 131 Å². The Kier molecular flexibility index (Phi) is 13.9. The molecule has 3 heterocycles. The van der Waals surface area contributed by atoms with Gasteiger partial charge in [-0.15, -0.1) is 11.8 Å². The number of nitro benzene ring substituents is 1. The van der Waals surface area contributed by atoms with Crippen molar-refractivity contribution < 1.29 is 13.3 Å². The SMILES string of the molecule is CN1CCN(CCC(CSc2ccccc2)Nc2ccc(S(=O)(=O)Nc3ncnc4cc(N5CCN(Cc6cc(Cl)ccc6-c6ccccc6)CC5)ccc34)cc2[N+](=O)[O-])CC1. The molecule has 322 valence electrons. The van der Waals surface area contributed by atoms with Crippen molar-refractivity contribution in [1.82, 2.24) is 24.7 Å². The molecule has 13 nitrogen and oxygen atoms in total. The number of likely N-dealkylation sites (N-methyl/N-ethyl adjacent to an activating group) is 1. The minimum Gasteiger partial charge on any atom is -0.376 e. The molecule has 16 heteroatoms. The summed E-state index contributed by atoms with van der Waals surface area (Å²) < 4.78 is 30.3. The zero-order valence-corrected chi connectivity index (χ0v) is 37.0. The number of nitrogens with zero attached hydrogens (tertiary/aromatic N) is 7. The molecular formula is C46H50ClN9O4S2. The molecule has 1 aromatic heterocycles. The van der Waals surface area contributed by atoms with Gasteiger partial charge in [0.15, 0.2) is 5.82 Å². The zero-order chi connectivity index (χ0) is 43.1. The van der Waals surface area contributed by atoms with E-state index in [2.05, 4.69) is 70.9 Å². The number of piperazine rings is 2. The summed E-state index contributed by atoms with van der Waals surface area (Å²) >= 11 is 8.12. The van der Waals surface area contributed by atoms with Crippen molar-refractivity contribution in [3.8, 4) is 11.1 Å². The van der Waals surface area contributed by atoms with Crippen LogP contribution in [0, 0.1) is 10.1 Å². The highest BCUT2D eigenvalue weighted by Crippen LogP contribution is 2.33. The third kappa shape index (κ3) is 10.8. The van der Waals surface area contributed by atoms with Gasteiger partial charge < -0.3 is 20.0 Å². The average Bonchev–Trinajstić information content (AvgIpc) is 3.28. The predicted molar refractivity (Wildman–Crippen MR) is 251 cm³/mol. The first-order valence-electron chi connectivity index (χ1n) is 20.8. The van der Waals surface area contributed by atoms with Crippen LogP contribution < -0.4 is 14.9 Å². The van der Waals surface area contributed by atoms with E-state index in [0.29, 0.717) is 16.7 Å². The first-order chi connectivity index (χ1) is 30.1. The van der Waals surface area contributed by atoms with Gasteiger partial charge >= 0.3 is 0 Å². The largest absolute Gasteiger partial charge is 0.376 e. The molecule has 62 heavy (non-hydrogen) atoms. The Morgan fingerprint density at radius 3 is 2.29 bits per heavy atom. The highest BCUT2D eigenvalue weighted by molar-refractivity contribution is 7.99. The van der Waals surface area contributed by atoms with Crippen molar-refractivity contribution in [2.24, 2.45) is 0 Å². The maximum Gasteiger partial charge on any atom is 0.293 e. The predicted octanol–water partition coefficient (Wildman–Crippen LogP) is 8.19. The maximum atomic E-state index is 13.9. The van der Waals surface area contributed by atoms with Crippen LogP contribution in [-0.4, -0.2) is 116 Å². The van der Waals surface area contributed by atoms with Gasteiger partial charge in [0.1, 0.15) is 12.0 Å². The van der Waals surface area contributed by atoms with Crippen LogP contribution >= 0.6 is 23.4 Å². The van der Waals surface area contributed by atoms with E-state index in [1.165, 1.54) is 29.6 Å². The fraction of sp³-hybridized carbons (Fsp3) is 0.304. The van der Waals surface area contributed by atoms with Gasteiger partial charge in [-0.1, -0.05) is 66.2 Å². The summed E-state index contributed by atoms with van der Waals surface area (Å²) in [6, 6.07) is 36.1. The first kappa shape index (κ1) is 43.4. The summed E-state index contributed by atoms with van der Waals surface area (Å²) in [6.07, 6.45) is 2.09. The van der Waals surface area contributed by atoms with E-state index < -0.39 is 14.9 Å². The summed E-state index contributed by atoms with van der Waals surface area (Å²) in [5.74, 6) is 0.767. The molecule has 0 bridgehead atoms. The van der Waals surface area contributed by atoms with Crippen molar-refractivity contribution >= 4 is 67.2 Å². The summed E-state index contributed by atoms with van der Waals surface area (Å²) in [4.78, 5) is 31.0. The lowest BCUT2D eigenvalue weighted by atomic mass is 9.99. The van der Waals surface area contributed by atoms with E-state index >= 15 is 0 Å². The highest BCUT2D eigenvalue weighted by atomic mass is 35.5. The van der Waals surface area contributed by atoms with Crippen LogP contribution in [0.1, 0.15) is 12.0 Å². The zero-order valence-electron chi connectivity index (χ0n) is 34.6. The van der Waals surface area contributed by atoms with E-state index in [9.17, 15) is 18.5 Å². The van der Waals surface area contributed by atoms with Gasteiger partial charge in [-0.2, -0.15) is 0 Å². The van der Waals surface area contributed by atoms with E-state index in [4.69, 9.17) is 11.6 Å². The number of thioether (sulfide) groups is 1. The number of nitrogens with one attached hydrogen (secondary N) is 2. The standard InChI is InChI=1S/C46H50ClN9O4S2/c1-52-20-22-53(23-21-52)19-18-37(32-61-39-10-6-3-7-11-39)50-43-17-14-40(30-45(43)56(57)58)62(59,60)51-46-42-16-13-38(29-44(42)48-33-49-46)55-26-24-54(25-27-55)31-35-28-36(47)12-15-41(35)34-8-4-2-5-9-34/h2-17,28-30,33,37,50H,18-27,31-32H2,1H3,(H,48,49,51). The van der Waals surface area contributed by atoms with Crippen LogP contribution in [0.5, 0.6) is 0 Å². The van der Waals surface area contributed by atoms with Gasteiger partial charge in [0.2, 0.25) is 0 Å². The molecule has 0 spiro atoms.